The van der Waals surface area contributed by atoms with Crippen LogP contribution in [0, 0.1) is 5.92 Å². The van der Waals surface area contributed by atoms with Gasteiger partial charge in [0, 0.05) is 6.61 Å². The maximum absolute atomic E-state index is 10.8. The van der Waals surface area contributed by atoms with Gasteiger partial charge in [-0.2, -0.15) is 11.8 Å². The Morgan fingerprint density at radius 2 is 1.75 bits per heavy atom. The Kier molecular flexibility index (Phi) is 4.66. The fourth-order valence-corrected chi connectivity index (χ4v) is 5.56. The molecular weight excluding hydrogens is 272 g/mol. The van der Waals surface area contributed by atoms with Gasteiger partial charge in [0.15, 0.2) is 0 Å². The summed E-state index contributed by atoms with van der Waals surface area (Å²) in [5, 5.41) is 21.5. The summed E-state index contributed by atoms with van der Waals surface area (Å²) >= 11 is 2.01. The molecule has 3 fully saturated rings. The van der Waals surface area contributed by atoms with E-state index < -0.39 is 11.7 Å². The first-order chi connectivity index (χ1) is 9.64. The summed E-state index contributed by atoms with van der Waals surface area (Å²) in [6.07, 6.45) is 8.36. The summed E-state index contributed by atoms with van der Waals surface area (Å²) in [5.41, 5.74) is -0.828. The van der Waals surface area contributed by atoms with Crippen molar-refractivity contribution in [2.45, 2.75) is 75.1 Å². The molecule has 1 aliphatic carbocycles. The summed E-state index contributed by atoms with van der Waals surface area (Å²) in [4.78, 5) is 0. The maximum atomic E-state index is 10.8. The predicted molar refractivity (Wildman–Crippen MR) is 82.0 cm³/mol. The highest BCUT2D eigenvalue weighted by atomic mass is 32.2. The molecule has 2 atom stereocenters. The molecule has 3 nitrogen and oxygen atoms in total. The third-order valence-corrected chi connectivity index (χ3v) is 6.64. The van der Waals surface area contributed by atoms with Crippen molar-refractivity contribution in [3.63, 3.8) is 0 Å². The molecule has 3 aliphatic rings. The van der Waals surface area contributed by atoms with Crippen LogP contribution in [0.25, 0.3) is 0 Å². The molecular formula is C16H28O3S. The van der Waals surface area contributed by atoms with Gasteiger partial charge in [-0.15, -0.1) is 0 Å². The lowest BCUT2D eigenvalue weighted by atomic mass is 9.71. The molecule has 0 aromatic rings. The molecule has 3 rings (SSSR count). The SMILES string of the molecule is OC(C1CCOC2(CCSCC2)C1)C1(O)CCCCC1. The van der Waals surface area contributed by atoms with E-state index in [-0.39, 0.29) is 11.5 Å². The molecule has 0 bridgehead atoms. The lowest BCUT2D eigenvalue weighted by Gasteiger charge is -2.48. The number of ether oxygens (including phenoxy) is 1. The van der Waals surface area contributed by atoms with Gasteiger partial charge in [-0.05, 0) is 55.9 Å². The number of thioether (sulfide) groups is 1. The van der Waals surface area contributed by atoms with Crippen LogP contribution in [0.5, 0.6) is 0 Å². The Labute approximate surface area is 126 Å². The van der Waals surface area contributed by atoms with Crippen molar-refractivity contribution < 1.29 is 14.9 Å². The molecule has 0 aromatic heterocycles. The van der Waals surface area contributed by atoms with E-state index in [0.717, 1.165) is 58.0 Å². The molecule has 0 amide bonds. The second-order valence-corrected chi connectivity index (χ2v) is 8.23. The smallest absolute Gasteiger partial charge is 0.0908 e. The van der Waals surface area contributed by atoms with Gasteiger partial charge in [-0.3, -0.25) is 0 Å². The third kappa shape index (κ3) is 3.03. The Bertz CT molecular complexity index is 303. The fraction of sp³-hybridized carbons (Fsp3) is 1.00. The van der Waals surface area contributed by atoms with E-state index in [1.165, 1.54) is 17.9 Å². The maximum Gasteiger partial charge on any atom is 0.0908 e. The normalized spacial score (nSPS) is 34.8. The van der Waals surface area contributed by atoms with Crippen LogP contribution in [0.4, 0.5) is 0 Å². The van der Waals surface area contributed by atoms with Gasteiger partial charge < -0.3 is 14.9 Å². The summed E-state index contributed by atoms with van der Waals surface area (Å²) in [5.74, 6) is 2.56. The van der Waals surface area contributed by atoms with Crippen molar-refractivity contribution in [3.8, 4) is 0 Å². The molecule has 0 radical (unpaired) electrons. The lowest BCUT2D eigenvalue weighted by molar-refractivity contribution is -0.167. The summed E-state index contributed by atoms with van der Waals surface area (Å²) in [7, 11) is 0. The van der Waals surface area contributed by atoms with Crippen LogP contribution in [0.2, 0.25) is 0 Å². The Hall–Kier alpha value is 0.230. The third-order valence-electron chi connectivity index (χ3n) is 5.65. The monoisotopic (exact) mass is 300 g/mol. The first-order valence-electron chi connectivity index (χ1n) is 8.26. The van der Waals surface area contributed by atoms with E-state index in [4.69, 9.17) is 4.74 Å². The molecule has 1 saturated carbocycles. The van der Waals surface area contributed by atoms with E-state index in [1.54, 1.807) is 0 Å². The van der Waals surface area contributed by atoms with Crippen molar-refractivity contribution in [1.29, 1.82) is 0 Å². The first-order valence-corrected chi connectivity index (χ1v) is 9.41. The zero-order valence-electron chi connectivity index (χ0n) is 12.4. The van der Waals surface area contributed by atoms with Crippen LogP contribution in [0.15, 0.2) is 0 Å². The molecule has 2 unspecified atom stereocenters. The van der Waals surface area contributed by atoms with Crippen LogP contribution in [-0.2, 0) is 4.74 Å². The van der Waals surface area contributed by atoms with Crippen molar-refractivity contribution in [1.82, 2.24) is 0 Å². The van der Waals surface area contributed by atoms with E-state index in [1.807, 2.05) is 11.8 Å². The average molecular weight is 300 g/mol. The number of aliphatic hydroxyl groups is 2. The molecule has 2 N–H and O–H groups in total. The topological polar surface area (TPSA) is 49.7 Å². The predicted octanol–water partition coefficient (Wildman–Crippen LogP) is 2.73. The van der Waals surface area contributed by atoms with Crippen LogP contribution in [0.3, 0.4) is 0 Å². The zero-order valence-corrected chi connectivity index (χ0v) is 13.2. The van der Waals surface area contributed by atoms with Gasteiger partial charge in [0.2, 0.25) is 0 Å². The molecule has 2 aliphatic heterocycles. The molecule has 2 heterocycles. The fourth-order valence-electron chi connectivity index (χ4n) is 4.33. The van der Waals surface area contributed by atoms with Crippen molar-refractivity contribution in [3.05, 3.63) is 0 Å². The Balaban J connectivity index is 1.66. The van der Waals surface area contributed by atoms with Crippen molar-refractivity contribution in [2.75, 3.05) is 18.1 Å². The van der Waals surface area contributed by atoms with Crippen LogP contribution in [-0.4, -0.2) is 45.6 Å². The molecule has 2 saturated heterocycles. The summed E-state index contributed by atoms with van der Waals surface area (Å²) < 4.78 is 6.10. The van der Waals surface area contributed by atoms with Gasteiger partial charge in [-0.25, -0.2) is 0 Å². The number of rotatable bonds is 2. The minimum absolute atomic E-state index is 0.000172. The lowest BCUT2D eigenvalue weighted by Crippen LogP contribution is -2.53. The summed E-state index contributed by atoms with van der Waals surface area (Å²) in [6, 6.07) is 0. The highest BCUT2D eigenvalue weighted by molar-refractivity contribution is 7.99. The quantitative estimate of drug-likeness (QED) is 0.823. The van der Waals surface area contributed by atoms with E-state index >= 15 is 0 Å². The molecule has 20 heavy (non-hydrogen) atoms. The second kappa shape index (κ2) is 6.15. The summed E-state index contributed by atoms with van der Waals surface area (Å²) in [6.45, 7) is 0.752. The minimum Gasteiger partial charge on any atom is -0.390 e. The van der Waals surface area contributed by atoms with Crippen LogP contribution < -0.4 is 0 Å². The largest absolute Gasteiger partial charge is 0.390 e. The second-order valence-electron chi connectivity index (χ2n) is 7.01. The van der Waals surface area contributed by atoms with Crippen molar-refractivity contribution >= 4 is 11.8 Å². The Morgan fingerprint density at radius 1 is 1.05 bits per heavy atom. The van der Waals surface area contributed by atoms with Crippen molar-refractivity contribution in [2.24, 2.45) is 5.92 Å². The average Bonchev–Trinajstić information content (AvgIpc) is 2.48. The highest BCUT2D eigenvalue weighted by Crippen LogP contribution is 2.44. The first kappa shape index (κ1) is 15.1. The van der Waals surface area contributed by atoms with Gasteiger partial charge in [0.1, 0.15) is 0 Å². The Morgan fingerprint density at radius 3 is 2.45 bits per heavy atom. The van der Waals surface area contributed by atoms with Gasteiger partial charge in [0.05, 0.1) is 17.3 Å². The van der Waals surface area contributed by atoms with E-state index in [2.05, 4.69) is 0 Å². The number of hydrogen-bond donors (Lipinski definition) is 2. The van der Waals surface area contributed by atoms with E-state index in [0.29, 0.717) is 0 Å². The van der Waals surface area contributed by atoms with Gasteiger partial charge >= 0.3 is 0 Å². The number of aliphatic hydroxyl groups excluding tert-OH is 1. The minimum atomic E-state index is -0.829. The molecule has 1 spiro atoms. The highest BCUT2D eigenvalue weighted by Gasteiger charge is 2.46. The number of hydrogen-bond acceptors (Lipinski definition) is 4. The zero-order chi connectivity index (χ0) is 14.1. The van der Waals surface area contributed by atoms with Crippen LogP contribution in [0.1, 0.15) is 57.8 Å². The molecule has 116 valence electrons. The molecule has 4 heteroatoms. The van der Waals surface area contributed by atoms with Gasteiger partial charge in [-0.1, -0.05) is 19.3 Å². The van der Waals surface area contributed by atoms with Gasteiger partial charge in [0.25, 0.3) is 0 Å². The van der Waals surface area contributed by atoms with E-state index in [9.17, 15) is 10.2 Å². The molecule has 0 aromatic carbocycles. The van der Waals surface area contributed by atoms with Crippen LogP contribution >= 0.6 is 11.8 Å². The standard InChI is InChI=1S/C16H28O3S/c17-14(16(18)5-2-1-3-6-16)13-4-9-19-15(12-13)7-10-20-11-8-15/h13-14,17-18H,1-12H2.